The van der Waals surface area contributed by atoms with Gasteiger partial charge in [-0.3, -0.25) is 0 Å². The van der Waals surface area contributed by atoms with Gasteiger partial charge >= 0.3 is 0 Å². The molecule has 0 bridgehead atoms. The van der Waals surface area contributed by atoms with Gasteiger partial charge in [0.05, 0.1) is 0 Å². The predicted octanol–water partition coefficient (Wildman–Crippen LogP) is 2.09. The van der Waals surface area contributed by atoms with Gasteiger partial charge in [0.2, 0.25) is 0 Å². The van der Waals surface area contributed by atoms with Crippen LogP contribution in [0.1, 0.15) is 25.8 Å². The van der Waals surface area contributed by atoms with Crippen molar-refractivity contribution in [2.45, 2.75) is 32.2 Å². The van der Waals surface area contributed by atoms with Gasteiger partial charge in [-0.15, -0.1) is 0 Å². The third-order valence-electron chi connectivity index (χ3n) is 3.18. The number of benzene rings is 1. The van der Waals surface area contributed by atoms with E-state index in [1.54, 1.807) is 0 Å². The zero-order chi connectivity index (χ0) is 13.0. The van der Waals surface area contributed by atoms with Crippen LogP contribution in [0.4, 0.5) is 0 Å². The van der Waals surface area contributed by atoms with Crippen molar-refractivity contribution < 1.29 is 4.42 Å². The van der Waals surface area contributed by atoms with Crippen LogP contribution in [0.15, 0.2) is 29.0 Å². The van der Waals surface area contributed by atoms with Gasteiger partial charge in [0.1, 0.15) is 5.52 Å². The molecule has 1 heterocycles. The van der Waals surface area contributed by atoms with Crippen molar-refractivity contribution in [2.24, 2.45) is 5.73 Å². The summed E-state index contributed by atoms with van der Waals surface area (Å²) in [7, 11) is 0. The van der Waals surface area contributed by atoms with Gasteiger partial charge in [0.25, 0.3) is 0 Å². The average molecular weight is 247 g/mol. The summed E-state index contributed by atoms with van der Waals surface area (Å²) < 4.78 is 5.30. The molecule has 3 N–H and O–H groups in total. The summed E-state index contributed by atoms with van der Waals surface area (Å²) in [5, 5.41) is 3.52. The molecule has 0 radical (unpaired) electrons. The van der Waals surface area contributed by atoms with Gasteiger partial charge in [0, 0.05) is 5.54 Å². The minimum Gasteiger partial charge on any atom is -0.443 e. The molecular formula is C14H21N3O. The number of fused-ring (bicyclic) bond motifs is 1. The molecule has 0 saturated carbocycles. The second-order valence-corrected chi connectivity index (χ2v) is 5.25. The lowest BCUT2D eigenvalue weighted by molar-refractivity contribution is 0.370. The number of rotatable bonds is 6. The van der Waals surface area contributed by atoms with E-state index in [9.17, 15) is 0 Å². The van der Waals surface area contributed by atoms with Crippen LogP contribution in [0.5, 0.6) is 0 Å². The van der Waals surface area contributed by atoms with Crippen LogP contribution in [-0.2, 0) is 6.42 Å². The maximum absolute atomic E-state index is 5.59. The minimum atomic E-state index is 0.102. The van der Waals surface area contributed by atoms with Crippen LogP contribution in [0, 0.1) is 0 Å². The van der Waals surface area contributed by atoms with Gasteiger partial charge in [-0.25, -0.2) is 4.98 Å². The molecule has 0 saturated heterocycles. The Kier molecular flexibility index (Phi) is 3.99. The molecule has 0 aliphatic heterocycles. The Balaban J connectivity index is 1.90. The van der Waals surface area contributed by atoms with Gasteiger partial charge in [0.15, 0.2) is 12.0 Å². The van der Waals surface area contributed by atoms with Crippen molar-refractivity contribution in [3.05, 3.63) is 30.2 Å². The van der Waals surface area contributed by atoms with E-state index in [-0.39, 0.29) is 5.54 Å². The first-order valence-electron chi connectivity index (χ1n) is 6.38. The molecule has 4 heteroatoms. The Labute approximate surface area is 108 Å². The van der Waals surface area contributed by atoms with Crippen LogP contribution >= 0.6 is 0 Å². The van der Waals surface area contributed by atoms with Crippen LogP contribution in [-0.4, -0.2) is 23.6 Å². The van der Waals surface area contributed by atoms with Gasteiger partial charge in [-0.05, 0) is 57.5 Å². The van der Waals surface area contributed by atoms with Crippen molar-refractivity contribution in [3.8, 4) is 0 Å². The number of nitrogens with zero attached hydrogens (tertiary/aromatic N) is 1. The molecular weight excluding hydrogens is 226 g/mol. The third-order valence-corrected chi connectivity index (χ3v) is 3.18. The molecule has 2 rings (SSSR count). The van der Waals surface area contributed by atoms with Crippen molar-refractivity contribution >= 4 is 11.1 Å². The number of nitrogens with two attached hydrogens (primary N) is 1. The number of nitrogens with one attached hydrogen (secondary N) is 1. The van der Waals surface area contributed by atoms with Crippen molar-refractivity contribution in [3.63, 3.8) is 0 Å². The summed E-state index contributed by atoms with van der Waals surface area (Å²) in [6, 6.07) is 6.15. The first-order chi connectivity index (χ1) is 8.61. The molecule has 0 atom stereocenters. The van der Waals surface area contributed by atoms with Gasteiger partial charge < -0.3 is 15.5 Å². The topological polar surface area (TPSA) is 64.1 Å². The standard InChI is InChI=1S/C14H21N3O/c1-14(2,6-7-15)17-8-5-11-3-4-12-13(9-11)18-10-16-12/h3-4,9-10,17H,5-8,15H2,1-2H3. The van der Waals surface area contributed by atoms with E-state index in [1.165, 1.54) is 12.0 Å². The van der Waals surface area contributed by atoms with E-state index in [2.05, 4.69) is 36.3 Å². The fraction of sp³-hybridized carbons (Fsp3) is 0.500. The third kappa shape index (κ3) is 3.31. The summed E-state index contributed by atoms with van der Waals surface area (Å²) >= 11 is 0. The number of hydrogen-bond acceptors (Lipinski definition) is 4. The predicted molar refractivity (Wildman–Crippen MR) is 73.5 cm³/mol. The Morgan fingerprint density at radius 3 is 3.00 bits per heavy atom. The molecule has 1 aromatic carbocycles. The Morgan fingerprint density at radius 1 is 1.39 bits per heavy atom. The van der Waals surface area contributed by atoms with Crippen molar-refractivity contribution in [2.75, 3.05) is 13.1 Å². The lowest BCUT2D eigenvalue weighted by Gasteiger charge is -2.25. The smallest absolute Gasteiger partial charge is 0.181 e. The first kappa shape index (κ1) is 13.1. The van der Waals surface area contributed by atoms with Crippen LogP contribution in [0.2, 0.25) is 0 Å². The van der Waals surface area contributed by atoms with Crippen LogP contribution < -0.4 is 11.1 Å². The summed E-state index contributed by atoms with van der Waals surface area (Å²) in [5.41, 5.74) is 8.72. The lowest BCUT2D eigenvalue weighted by Crippen LogP contribution is -2.41. The Hall–Kier alpha value is -1.39. The highest BCUT2D eigenvalue weighted by Crippen LogP contribution is 2.15. The van der Waals surface area contributed by atoms with E-state index in [4.69, 9.17) is 10.2 Å². The molecule has 98 valence electrons. The fourth-order valence-corrected chi connectivity index (χ4v) is 2.05. The Morgan fingerprint density at radius 2 is 2.22 bits per heavy atom. The zero-order valence-electron chi connectivity index (χ0n) is 11.1. The number of oxazole rings is 1. The van der Waals surface area contributed by atoms with Gasteiger partial charge in [-0.1, -0.05) is 6.07 Å². The summed E-state index contributed by atoms with van der Waals surface area (Å²) in [4.78, 5) is 4.11. The highest BCUT2D eigenvalue weighted by Gasteiger charge is 2.14. The van der Waals surface area contributed by atoms with Crippen LogP contribution in [0.3, 0.4) is 0 Å². The van der Waals surface area contributed by atoms with Crippen molar-refractivity contribution in [1.82, 2.24) is 10.3 Å². The highest BCUT2D eigenvalue weighted by molar-refractivity contribution is 5.72. The fourth-order valence-electron chi connectivity index (χ4n) is 2.05. The molecule has 0 fully saturated rings. The Bertz CT molecular complexity index is 504. The molecule has 0 amide bonds. The van der Waals surface area contributed by atoms with E-state index >= 15 is 0 Å². The minimum absolute atomic E-state index is 0.102. The monoisotopic (exact) mass is 247 g/mol. The van der Waals surface area contributed by atoms with Crippen molar-refractivity contribution in [1.29, 1.82) is 0 Å². The lowest BCUT2D eigenvalue weighted by atomic mass is 10.0. The zero-order valence-corrected chi connectivity index (χ0v) is 11.1. The first-order valence-corrected chi connectivity index (χ1v) is 6.38. The molecule has 4 nitrogen and oxygen atoms in total. The molecule has 0 aliphatic rings. The number of hydrogen-bond donors (Lipinski definition) is 2. The normalized spacial score (nSPS) is 12.2. The summed E-state index contributed by atoms with van der Waals surface area (Å²) in [6.45, 7) is 6.01. The second-order valence-electron chi connectivity index (χ2n) is 5.25. The molecule has 1 aromatic heterocycles. The van der Waals surface area contributed by atoms with E-state index < -0.39 is 0 Å². The highest BCUT2D eigenvalue weighted by atomic mass is 16.3. The number of aromatic nitrogens is 1. The molecule has 0 unspecified atom stereocenters. The maximum Gasteiger partial charge on any atom is 0.181 e. The largest absolute Gasteiger partial charge is 0.443 e. The van der Waals surface area contributed by atoms with E-state index in [1.807, 2.05) is 6.07 Å². The SMILES string of the molecule is CC(C)(CCN)NCCc1ccc2ncoc2c1. The molecule has 2 aromatic rings. The summed E-state index contributed by atoms with van der Waals surface area (Å²) in [5.74, 6) is 0. The van der Waals surface area contributed by atoms with Gasteiger partial charge in [-0.2, -0.15) is 0 Å². The average Bonchev–Trinajstić information content (AvgIpc) is 2.75. The van der Waals surface area contributed by atoms with E-state index in [0.29, 0.717) is 6.54 Å². The van der Waals surface area contributed by atoms with Crippen LogP contribution in [0.25, 0.3) is 11.1 Å². The molecule has 18 heavy (non-hydrogen) atoms. The summed E-state index contributed by atoms with van der Waals surface area (Å²) in [6.07, 6.45) is 3.44. The quantitative estimate of drug-likeness (QED) is 0.820. The molecule has 0 spiro atoms. The maximum atomic E-state index is 5.59. The molecule has 0 aliphatic carbocycles. The van der Waals surface area contributed by atoms with E-state index in [0.717, 1.165) is 30.5 Å². The second kappa shape index (κ2) is 5.50.